The van der Waals surface area contributed by atoms with Crippen molar-refractivity contribution < 1.29 is 4.79 Å². The second-order valence-electron chi connectivity index (χ2n) is 9.58. The highest BCUT2D eigenvalue weighted by Crippen LogP contribution is 2.30. The third-order valence-electron chi connectivity index (χ3n) is 6.40. The molecule has 38 heavy (non-hydrogen) atoms. The third-order valence-corrected chi connectivity index (χ3v) is 6.40. The van der Waals surface area contributed by atoms with Gasteiger partial charge in [-0.05, 0) is 56.1 Å². The number of para-hydroxylation sites is 1. The molecule has 1 saturated heterocycles. The van der Waals surface area contributed by atoms with Crippen molar-refractivity contribution in [2.75, 3.05) is 62.4 Å². The van der Waals surface area contributed by atoms with Gasteiger partial charge in [-0.3, -0.25) is 4.79 Å². The van der Waals surface area contributed by atoms with E-state index in [1.807, 2.05) is 73.7 Å². The Balaban J connectivity index is 1.35. The molecule has 2 heterocycles. The normalized spacial score (nSPS) is 13.8. The van der Waals surface area contributed by atoms with Crippen LogP contribution in [-0.2, 0) is 4.79 Å². The largest absolute Gasteiger partial charge is 0.369 e. The predicted octanol–water partition coefficient (Wildman–Crippen LogP) is 4.51. The van der Waals surface area contributed by atoms with Crippen LogP contribution in [0.4, 0.5) is 23.0 Å². The van der Waals surface area contributed by atoms with Crippen LogP contribution in [0.3, 0.4) is 0 Å². The standard InChI is InChI=1S/C30H33N7O/c1-36(2)17-5-10-28(38)33-25-8-3-6-22(20-25)27-9-4-7-23-21-32-30(35-29(23)27)34-24-11-13-26(14-12-24)37-18-15-31-16-19-37/h3-14,20-21,31H,15-19H2,1-2H3,(H,33,38)(H,32,34,35). The minimum atomic E-state index is -0.154. The number of nitrogens with zero attached hydrogens (tertiary/aromatic N) is 4. The molecular weight excluding hydrogens is 474 g/mol. The van der Waals surface area contributed by atoms with Crippen molar-refractivity contribution in [1.29, 1.82) is 0 Å². The lowest BCUT2D eigenvalue weighted by molar-refractivity contribution is -0.111. The molecule has 0 saturated carbocycles. The van der Waals surface area contributed by atoms with Gasteiger partial charge in [-0.2, -0.15) is 0 Å². The van der Waals surface area contributed by atoms with Crippen molar-refractivity contribution in [2.45, 2.75) is 0 Å². The van der Waals surface area contributed by atoms with Crippen LogP contribution in [0.15, 0.2) is 85.1 Å². The molecular formula is C30H33N7O. The Bertz CT molecular complexity index is 1430. The summed E-state index contributed by atoms with van der Waals surface area (Å²) >= 11 is 0. The van der Waals surface area contributed by atoms with Crippen molar-refractivity contribution in [3.05, 3.63) is 85.1 Å². The zero-order valence-electron chi connectivity index (χ0n) is 21.8. The first-order valence-electron chi connectivity index (χ1n) is 12.9. The van der Waals surface area contributed by atoms with Gasteiger partial charge in [0.2, 0.25) is 11.9 Å². The van der Waals surface area contributed by atoms with Gasteiger partial charge < -0.3 is 25.8 Å². The van der Waals surface area contributed by atoms with Gasteiger partial charge in [0.05, 0.1) is 5.52 Å². The molecule has 1 amide bonds. The summed E-state index contributed by atoms with van der Waals surface area (Å²) in [6, 6.07) is 22.3. The monoisotopic (exact) mass is 507 g/mol. The Kier molecular flexibility index (Phi) is 7.92. The van der Waals surface area contributed by atoms with Gasteiger partial charge in [0.1, 0.15) is 0 Å². The van der Waals surface area contributed by atoms with Gasteiger partial charge in [-0.1, -0.05) is 36.4 Å². The third kappa shape index (κ3) is 6.34. The van der Waals surface area contributed by atoms with Crippen molar-refractivity contribution in [1.82, 2.24) is 20.2 Å². The summed E-state index contributed by atoms with van der Waals surface area (Å²) in [7, 11) is 3.93. The van der Waals surface area contributed by atoms with Crippen LogP contribution in [0.2, 0.25) is 0 Å². The molecule has 4 aromatic rings. The number of hydrogen-bond donors (Lipinski definition) is 3. The van der Waals surface area contributed by atoms with Crippen LogP contribution in [-0.4, -0.2) is 67.6 Å². The number of likely N-dealkylation sites (N-methyl/N-ethyl adjacent to an activating group) is 1. The first-order chi connectivity index (χ1) is 18.5. The molecule has 1 aliphatic heterocycles. The van der Waals surface area contributed by atoms with Gasteiger partial charge in [0.25, 0.3) is 0 Å². The minimum Gasteiger partial charge on any atom is -0.369 e. The van der Waals surface area contributed by atoms with E-state index < -0.39 is 0 Å². The molecule has 3 aromatic carbocycles. The predicted molar refractivity (Wildman–Crippen MR) is 156 cm³/mol. The summed E-state index contributed by atoms with van der Waals surface area (Å²) in [6.45, 7) is 4.76. The van der Waals surface area contributed by atoms with Crippen LogP contribution < -0.4 is 20.9 Å². The minimum absolute atomic E-state index is 0.154. The number of carbonyl (C=O) groups is 1. The number of amides is 1. The molecule has 0 radical (unpaired) electrons. The van der Waals surface area contributed by atoms with Crippen LogP contribution in [0.5, 0.6) is 0 Å². The number of anilines is 4. The zero-order chi connectivity index (χ0) is 26.3. The van der Waals surface area contributed by atoms with Crippen molar-refractivity contribution in [3.8, 4) is 11.1 Å². The van der Waals surface area contributed by atoms with E-state index in [0.717, 1.165) is 59.6 Å². The Morgan fingerprint density at radius 3 is 2.61 bits per heavy atom. The highest BCUT2D eigenvalue weighted by molar-refractivity contribution is 6.00. The van der Waals surface area contributed by atoms with E-state index in [4.69, 9.17) is 4.98 Å². The lowest BCUT2D eigenvalue weighted by Crippen LogP contribution is -2.43. The van der Waals surface area contributed by atoms with E-state index >= 15 is 0 Å². The fraction of sp³-hybridized carbons (Fsp3) is 0.233. The number of benzene rings is 3. The lowest BCUT2D eigenvalue weighted by atomic mass is 10.0. The Morgan fingerprint density at radius 2 is 1.82 bits per heavy atom. The molecule has 5 rings (SSSR count). The van der Waals surface area contributed by atoms with Gasteiger partial charge in [-0.25, -0.2) is 9.97 Å². The molecule has 0 spiro atoms. The average Bonchev–Trinajstić information content (AvgIpc) is 2.93. The topological polar surface area (TPSA) is 85.4 Å². The fourth-order valence-electron chi connectivity index (χ4n) is 4.48. The van der Waals surface area contributed by atoms with E-state index in [2.05, 4.69) is 50.1 Å². The molecule has 8 heteroatoms. The second kappa shape index (κ2) is 11.9. The van der Waals surface area contributed by atoms with Crippen molar-refractivity contribution in [2.24, 2.45) is 0 Å². The first-order valence-corrected chi connectivity index (χ1v) is 12.9. The molecule has 1 fully saturated rings. The molecule has 1 aromatic heterocycles. The smallest absolute Gasteiger partial charge is 0.248 e. The second-order valence-corrected chi connectivity index (χ2v) is 9.58. The van der Waals surface area contributed by atoms with Crippen molar-refractivity contribution >= 4 is 39.8 Å². The molecule has 0 atom stereocenters. The number of piperazine rings is 1. The quantitative estimate of drug-likeness (QED) is 0.303. The highest BCUT2D eigenvalue weighted by atomic mass is 16.1. The molecule has 1 aliphatic rings. The molecule has 0 bridgehead atoms. The maximum Gasteiger partial charge on any atom is 0.248 e. The number of fused-ring (bicyclic) bond motifs is 1. The maximum absolute atomic E-state index is 12.3. The average molecular weight is 508 g/mol. The Hall–Kier alpha value is -4.27. The van der Waals surface area contributed by atoms with Gasteiger partial charge in [0, 0.05) is 73.0 Å². The van der Waals surface area contributed by atoms with E-state index in [0.29, 0.717) is 12.5 Å². The SMILES string of the molecule is CN(C)CC=CC(=O)Nc1cccc(-c2cccc3cnc(Nc4ccc(N5CCNCC5)cc4)nc23)c1. The number of aromatic nitrogens is 2. The maximum atomic E-state index is 12.3. The van der Waals surface area contributed by atoms with E-state index in [1.165, 1.54) is 5.69 Å². The highest BCUT2D eigenvalue weighted by Gasteiger charge is 2.11. The molecule has 194 valence electrons. The van der Waals surface area contributed by atoms with Crippen LogP contribution in [0, 0.1) is 0 Å². The van der Waals surface area contributed by atoms with E-state index in [9.17, 15) is 4.79 Å². The van der Waals surface area contributed by atoms with Crippen molar-refractivity contribution in [3.63, 3.8) is 0 Å². The van der Waals surface area contributed by atoms with Gasteiger partial charge in [-0.15, -0.1) is 0 Å². The summed E-state index contributed by atoms with van der Waals surface area (Å²) in [5.74, 6) is 0.383. The summed E-state index contributed by atoms with van der Waals surface area (Å²) in [5, 5.41) is 10.6. The molecule has 3 N–H and O–H groups in total. The van der Waals surface area contributed by atoms with E-state index in [-0.39, 0.29) is 5.91 Å². The van der Waals surface area contributed by atoms with Gasteiger partial charge in [0.15, 0.2) is 0 Å². The fourth-order valence-corrected chi connectivity index (χ4v) is 4.48. The lowest BCUT2D eigenvalue weighted by Gasteiger charge is -2.29. The molecule has 0 aliphatic carbocycles. The summed E-state index contributed by atoms with van der Waals surface area (Å²) in [5.41, 5.74) is 5.68. The van der Waals surface area contributed by atoms with Crippen LogP contribution >= 0.6 is 0 Å². The Labute approximate surface area is 223 Å². The van der Waals surface area contributed by atoms with Gasteiger partial charge >= 0.3 is 0 Å². The Morgan fingerprint density at radius 1 is 1.03 bits per heavy atom. The van der Waals surface area contributed by atoms with E-state index in [1.54, 1.807) is 6.08 Å². The number of nitrogens with one attached hydrogen (secondary N) is 3. The summed E-state index contributed by atoms with van der Waals surface area (Å²) in [6.07, 6.45) is 5.24. The number of rotatable bonds is 8. The summed E-state index contributed by atoms with van der Waals surface area (Å²) < 4.78 is 0. The first kappa shape index (κ1) is 25.4. The number of carbonyl (C=O) groups excluding carboxylic acids is 1. The zero-order valence-corrected chi connectivity index (χ0v) is 21.8. The van der Waals surface area contributed by atoms with Crippen LogP contribution in [0.1, 0.15) is 0 Å². The molecule has 0 unspecified atom stereocenters. The number of hydrogen-bond acceptors (Lipinski definition) is 7. The summed E-state index contributed by atoms with van der Waals surface area (Å²) in [4.78, 5) is 26.1. The van der Waals surface area contributed by atoms with Crippen LogP contribution in [0.25, 0.3) is 22.0 Å². The molecule has 8 nitrogen and oxygen atoms in total.